The third kappa shape index (κ3) is 19.5. The van der Waals surface area contributed by atoms with Gasteiger partial charge in [-0.15, -0.1) is 0 Å². The number of nitrogens with two attached hydrogens (primary N) is 1. The Morgan fingerprint density at radius 3 is 1.09 bits per heavy atom. The molecule has 0 aliphatic carbocycles. The van der Waals surface area contributed by atoms with Crippen molar-refractivity contribution in [3.63, 3.8) is 0 Å². The maximum absolute atomic E-state index is 12.7. The molecule has 9 aliphatic rings. The predicted octanol–water partition coefficient (Wildman–Crippen LogP) is 7.91. The average molecular weight is 1770 g/mol. The maximum Gasteiger partial charge on any atom is 0.328 e. The number of aryl methyl sites for hydroxylation is 3. The second-order valence-corrected chi connectivity index (χ2v) is 35.1. The quantitative estimate of drug-likeness (QED) is 0.0351. The standard InChI is InChI=1S/C32H39N9O3.C32H41N9O2.C31H36N8O4.H2/c1-21-6-7-27-26(18-35-37-27)30(21)41-12-9-24-28(19-41)36-32(44-20-23-5-4-11-38(23)3)25(17-33)31(24)40-15-13-39(14-16-40)29(43)8-10-34-22(2)42;1-22-8-9-27-26(19-35-37-27)30(22)41-13-10-24-28(20-41)36-32(43-21-23-6-5-12-38(23)2)25(18-34)31(24)40-16-14-39(15-17-40)29(42)7-3-4-11-33;1-20-5-6-25-24(17-33-35-25)29(20)39-11-9-22-26(18-39)34-31(43-19-21-4-3-10-36(21)2)23(16-32)30(22)38-14-12-37(13-15-38)27(40)7-8-28(41)42;/h6-8,10,18,23H,4-5,9,11-16,19-20H2,1-3H3,(H,34,42)(H,35,37);3,7-9,19,23H,4-6,10-17,20-21,33H2,1-2H3,(H,35,37);5-8,17,21H,3-4,9-15,18-19H2,1-2H3,(H,33,35)(H,41,42);1H/b10-8+;7-3+;8-7+;/t2*23-;21-;/m000./s1. The largest absolute Gasteiger partial charge is 0.478 e. The normalized spacial score (nSPS) is 19.1. The average Bonchev–Trinajstić information content (AvgIpc) is 1.41. The summed E-state index contributed by atoms with van der Waals surface area (Å²) < 4.78 is 19.1. The number of benzene rings is 3. The highest BCUT2D eigenvalue weighted by Gasteiger charge is 2.39. The van der Waals surface area contributed by atoms with Gasteiger partial charge in [0.2, 0.25) is 41.3 Å². The number of fused-ring (bicyclic) bond motifs is 6. The molecule has 0 unspecified atom stereocenters. The zero-order chi connectivity index (χ0) is 90.8. The fraction of sp³-hybridized carbons (Fsp3) is 0.474. The molecule has 35 heteroatoms. The van der Waals surface area contributed by atoms with Gasteiger partial charge in [0.05, 0.1) is 106 Å². The van der Waals surface area contributed by atoms with E-state index >= 15 is 0 Å². The first-order chi connectivity index (χ1) is 63.1. The molecule has 0 spiro atoms. The zero-order valence-corrected chi connectivity index (χ0v) is 75.3. The monoisotopic (exact) mass is 1770 g/mol. The summed E-state index contributed by atoms with van der Waals surface area (Å²) in [7, 11) is 6.34. The van der Waals surface area contributed by atoms with Gasteiger partial charge in [0.1, 0.15) is 54.7 Å². The molecule has 3 atom stereocenters. The molecule has 0 bridgehead atoms. The maximum atomic E-state index is 12.7. The van der Waals surface area contributed by atoms with E-state index in [0.29, 0.717) is 184 Å². The van der Waals surface area contributed by atoms with Crippen LogP contribution in [-0.2, 0) is 62.9 Å². The SMILES string of the molecule is CC(=O)N/C=C/C(=O)N1CCN(c2c(C#N)c(OC[C@@H]3CCCN3C)nc3c2CCN(c2c(C)ccc4[nH]ncc24)C3)CC1.Cc1ccc2[nH]ncc2c1N1CCc2c(nc(OC[C@@H]3CCCN3C)c(C#N)c2N2CCN(C(=O)/C=C/C(=O)O)CC2)C1.Cc1ccc2[nH]ncc2c1N1CCc2c(nc(OC[C@@H]3CCCN3C)c(C#N)c2N2CCN(C(=O)/C=C/CCN)CC2)C1.[HH]. The van der Waals surface area contributed by atoms with Crippen LogP contribution >= 0.6 is 0 Å². The number of carbonyl (C=O) groups excluding carboxylic acids is 4. The van der Waals surface area contributed by atoms with Gasteiger partial charge in [-0.25, -0.2) is 19.7 Å². The molecule has 0 saturated carbocycles. The van der Waals surface area contributed by atoms with Gasteiger partial charge in [-0.2, -0.15) is 31.1 Å². The number of carboxylic acids is 1. The number of H-pyrrole nitrogens is 3. The molecule has 4 amide bonds. The van der Waals surface area contributed by atoms with E-state index in [-0.39, 0.29) is 31.1 Å². The summed E-state index contributed by atoms with van der Waals surface area (Å²) in [6.45, 7) is 23.4. The predicted molar refractivity (Wildman–Crippen MR) is 498 cm³/mol. The number of aromatic nitrogens is 9. The Hall–Kier alpha value is -13.4. The lowest BCUT2D eigenvalue weighted by Gasteiger charge is -2.39. The van der Waals surface area contributed by atoms with Crippen LogP contribution in [0.15, 0.2) is 91.6 Å². The Morgan fingerprint density at radius 2 is 0.792 bits per heavy atom. The molecule has 3 aromatic carbocycles. The highest BCUT2D eigenvalue weighted by molar-refractivity contribution is 5.97. The van der Waals surface area contributed by atoms with Gasteiger partial charge >= 0.3 is 5.97 Å². The highest BCUT2D eigenvalue weighted by atomic mass is 16.5. The molecule has 6 saturated heterocycles. The van der Waals surface area contributed by atoms with E-state index in [9.17, 15) is 39.8 Å². The minimum absolute atomic E-state index is 0. The number of anilines is 6. The summed E-state index contributed by atoms with van der Waals surface area (Å²) in [5.74, 6) is -0.688. The summed E-state index contributed by atoms with van der Waals surface area (Å²) >= 11 is 0. The lowest BCUT2D eigenvalue weighted by molar-refractivity contribution is -0.132. The van der Waals surface area contributed by atoms with E-state index in [1.807, 2.05) is 35.6 Å². The number of nitriles is 3. The van der Waals surface area contributed by atoms with Crippen LogP contribution < -0.4 is 54.7 Å². The minimum Gasteiger partial charge on any atom is -0.478 e. The molecule has 9 aromatic rings. The second kappa shape index (κ2) is 40.5. The van der Waals surface area contributed by atoms with Gasteiger partial charge in [0.25, 0.3) is 0 Å². The number of likely N-dealkylation sites (tertiary alicyclic amines) is 3. The van der Waals surface area contributed by atoms with Crippen LogP contribution in [0.5, 0.6) is 17.6 Å². The van der Waals surface area contributed by atoms with Crippen molar-refractivity contribution in [3.05, 3.63) is 159 Å². The van der Waals surface area contributed by atoms with Crippen molar-refractivity contribution >= 4 is 96.4 Å². The lowest BCUT2D eigenvalue weighted by atomic mass is 9.97. The number of piperazine rings is 3. The van der Waals surface area contributed by atoms with Gasteiger partial charge in [0.15, 0.2) is 0 Å². The highest BCUT2D eigenvalue weighted by Crippen LogP contribution is 2.45. The Bertz CT molecular complexity index is 5940. The van der Waals surface area contributed by atoms with Gasteiger partial charge in [-0.05, 0) is 173 Å². The van der Waals surface area contributed by atoms with Crippen LogP contribution in [0.25, 0.3) is 32.7 Å². The topological polar surface area (TPSA) is 406 Å². The van der Waals surface area contributed by atoms with Crippen molar-refractivity contribution in [2.24, 2.45) is 5.73 Å². The molecular formula is C95H118N26O9. The van der Waals surface area contributed by atoms with Crippen LogP contribution in [0.2, 0.25) is 0 Å². The van der Waals surface area contributed by atoms with Crippen molar-refractivity contribution < 1.29 is 44.7 Å². The number of carbonyl (C=O) groups is 5. The Kier molecular flexibility index (Phi) is 28.0. The molecular weight excluding hydrogens is 1650 g/mol. The van der Waals surface area contributed by atoms with Gasteiger partial charge in [0, 0.05) is 182 Å². The molecule has 15 heterocycles. The summed E-state index contributed by atoms with van der Waals surface area (Å²) in [5, 5.41) is 68.2. The van der Waals surface area contributed by atoms with Crippen LogP contribution in [0.1, 0.15) is 120 Å². The molecule has 9 aliphatic heterocycles. The van der Waals surface area contributed by atoms with Crippen molar-refractivity contribution in [1.29, 1.82) is 15.8 Å². The molecule has 6 aromatic heterocycles. The number of nitrogens with one attached hydrogen (secondary N) is 4. The molecule has 130 heavy (non-hydrogen) atoms. The van der Waals surface area contributed by atoms with E-state index in [1.165, 1.54) is 30.3 Å². The van der Waals surface area contributed by atoms with Gasteiger partial charge in [-0.3, -0.25) is 34.5 Å². The first kappa shape index (κ1) is 90.0. The number of hydrogen-bond donors (Lipinski definition) is 6. The molecule has 35 nitrogen and oxygen atoms in total. The van der Waals surface area contributed by atoms with E-state index in [4.69, 9.17) is 40.0 Å². The first-order valence-electron chi connectivity index (χ1n) is 45.4. The minimum atomic E-state index is -1.15. The third-order valence-corrected chi connectivity index (χ3v) is 27.0. The number of amides is 4. The molecule has 6 fully saturated rings. The molecule has 18 rings (SSSR count). The smallest absolute Gasteiger partial charge is 0.328 e. The number of ether oxygens (including phenoxy) is 3. The van der Waals surface area contributed by atoms with Crippen LogP contribution in [0, 0.1) is 54.8 Å². The Morgan fingerprint density at radius 1 is 0.462 bits per heavy atom. The summed E-state index contributed by atoms with van der Waals surface area (Å²) in [6, 6.07) is 20.7. The summed E-state index contributed by atoms with van der Waals surface area (Å²) in [4.78, 5) is 101. The number of hydrogen-bond acceptors (Lipinski definition) is 27. The van der Waals surface area contributed by atoms with E-state index in [1.54, 1.807) is 15.9 Å². The second-order valence-electron chi connectivity index (χ2n) is 35.1. The van der Waals surface area contributed by atoms with Crippen molar-refractivity contribution in [1.82, 2.24) is 80.3 Å². The van der Waals surface area contributed by atoms with Crippen molar-refractivity contribution in [3.8, 4) is 35.8 Å². The number of likely N-dealkylation sites (N-methyl/N-ethyl adjacent to an activating group) is 3. The molecule has 682 valence electrons. The van der Waals surface area contributed by atoms with E-state index in [0.717, 1.165) is 209 Å². The zero-order valence-electron chi connectivity index (χ0n) is 75.3. The van der Waals surface area contributed by atoms with Crippen molar-refractivity contribution in [2.45, 2.75) is 130 Å². The lowest BCUT2D eigenvalue weighted by Crippen LogP contribution is -2.49. The number of aromatic amines is 3. The first-order valence-corrected chi connectivity index (χ1v) is 45.4. The molecule has 0 radical (unpaired) electrons. The number of nitrogens with zero attached hydrogens (tertiary/aromatic N) is 21. The fourth-order valence-electron chi connectivity index (χ4n) is 19.9. The third-order valence-electron chi connectivity index (χ3n) is 27.0. The van der Waals surface area contributed by atoms with E-state index in [2.05, 4.69) is 170 Å². The van der Waals surface area contributed by atoms with Crippen LogP contribution in [-0.4, -0.2) is 293 Å². The Labute approximate surface area is 758 Å². The van der Waals surface area contributed by atoms with Crippen LogP contribution in [0.3, 0.4) is 0 Å². The number of aliphatic carboxylic acids is 1. The number of rotatable bonds is 22. The van der Waals surface area contributed by atoms with E-state index < -0.39 is 5.97 Å². The van der Waals surface area contributed by atoms with Gasteiger partial charge in [-0.1, -0.05) is 24.3 Å². The Balaban J connectivity index is 0.000000150. The van der Waals surface area contributed by atoms with Crippen molar-refractivity contribution in [2.75, 3.05) is 195 Å². The fourth-order valence-corrected chi connectivity index (χ4v) is 19.9. The number of carboxylic acid groups (broad SMARTS) is 1. The number of pyridine rings is 3. The summed E-state index contributed by atoms with van der Waals surface area (Å²) in [5.41, 5.74) is 25.5. The summed E-state index contributed by atoms with van der Waals surface area (Å²) in [6.07, 6.45) is 23.3. The van der Waals surface area contributed by atoms with Gasteiger partial charge < -0.3 is 89.2 Å². The van der Waals surface area contributed by atoms with Crippen LogP contribution in [0.4, 0.5) is 34.1 Å². The molecule has 7 N–H and O–H groups in total.